The van der Waals surface area contributed by atoms with Crippen molar-refractivity contribution in [3.63, 3.8) is 0 Å². The van der Waals surface area contributed by atoms with Crippen LogP contribution in [0.4, 0.5) is 4.39 Å². The van der Waals surface area contributed by atoms with Crippen LogP contribution in [0.15, 0.2) is 18.2 Å². The molecule has 1 amide bonds. The molecule has 92 valence electrons. The van der Waals surface area contributed by atoms with Crippen molar-refractivity contribution in [2.45, 2.75) is 13.0 Å². The zero-order valence-corrected chi connectivity index (χ0v) is 10.0. The van der Waals surface area contributed by atoms with E-state index in [2.05, 4.69) is 0 Å². The summed E-state index contributed by atoms with van der Waals surface area (Å²) in [5.74, 6) is -2.50. The number of carboxylic acids is 1. The Labute approximate surface area is 103 Å². The smallest absolute Gasteiger partial charge is 0.331 e. The number of hydrogen-bond acceptors (Lipinski definition) is 2. The highest BCUT2D eigenvalue weighted by Gasteiger charge is 2.29. The molecule has 0 bridgehead atoms. The summed E-state index contributed by atoms with van der Waals surface area (Å²) in [5.41, 5.74) is -0.136. The number of carbonyl (C=O) groups excluding carboxylic acids is 1. The molecule has 0 aliphatic carbocycles. The fourth-order valence-corrected chi connectivity index (χ4v) is 1.59. The Bertz CT molecular complexity index is 464. The van der Waals surface area contributed by atoms with Gasteiger partial charge in [0.1, 0.15) is 5.82 Å². The van der Waals surface area contributed by atoms with Crippen LogP contribution in [0.2, 0.25) is 5.02 Å². The van der Waals surface area contributed by atoms with Gasteiger partial charge in [-0.15, -0.1) is 0 Å². The first kappa shape index (κ1) is 13.4. The summed E-state index contributed by atoms with van der Waals surface area (Å²) < 4.78 is 13.5. The van der Waals surface area contributed by atoms with Crippen molar-refractivity contribution >= 4 is 23.5 Å². The van der Waals surface area contributed by atoms with E-state index in [0.29, 0.717) is 0 Å². The molecule has 0 spiro atoms. The number of nitrogens with zero attached hydrogens (tertiary/aromatic N) is 1. The van der Waals surface area contributed by atoms with Crippen molar-refractivity contribution in [1.82, 2.24) is 4.90 Å². The second-order valence-electron chi connectivity index (χ2n) is 3.54. The minimum atomic E-state index is -1.38. The molecule has 0 saturated heterocycles. The predicted octanol–water partition coefficient (Wildman–Crippen LogP) is 2.08. The number of aliphatic carboxylic acids is 1. The summed E-state index contributed by atoms with van der Waals surface area (Å²) in [5, 5.41) is 9.27. The Balaban J connectivity index is 3.27. The van der Waals surface area contributed by atoms with Gasteiger partial charge in [0.05, 0.1) is 0 Å². The molecule has 1 rings (SSSR count). The maximum atomic E-state index is 13.5. The number of amides is 1. The predicted molar refractivity (Wildman–Crippen MR) is 60.2 cm³/mol. The van der Waals surface area contributed by atoms with Crippen molar-refractivity contribution in [2.24, 2.45) is 0 Å². The normalized spacial score (nSPS) is 12.0. The number of hydrogen-bond donors (Lipinski definition) is 1. The van der Waals surface area contributed by atoms with E-state index in [1.54, 1.807) is 0 Å². The van der Waals surface area contributed by atoms with Gasteiger partial charge in [0.15, 0.2) is 6.04 Å². The van der Waals surface area contributed by atoms with Crippen molar-refractivity contribution in [3.05, 3.63) is 34.6 Å². The van der Waals surface area contributed by atoms with Gasteiger partial charge in [-0.3, -0.25) is 4.79 Å². The Kier molecular flexibility index (Phi) is 4.07. The molecule has 1 atom stereocenters. The number of carboxylic acid groups (broad SMARTS) is 1. The average Bonchev–Trinajstić information content (AvgIpc) is 2.22. The first-order valence-electron chi connectivity index (χ1n) is 4.75. The van der Waals surface area contributed by atoms with Crippen LogP contribution in [0, 0.1) is 5.82 Å². The average molecular weight is 260 g/mol. The van der Waals surface area contributed by atoms with Gasteiger partial charge < -0.3 is 10.0 Å². The standard InChI is InChI=1S/C11H11ClFNO3/c1-6(15)14(2)10(11(16)17)8-5-7(12)3-4-9(8)13/h3-5,10H,1-2H3,(H,16,17). The Morgan fingerprint density at radius 2 is 2.06 bits per heavy atom. The van der Waals surface area contributed by atoms with Crippen LogP contribution in [-0.4, -0.2) is 28.9 Å². The fraction of sp³-hybridized carbons (Fsp3) is 0.273. The molecule has 1 aromatic carbocycles. The van der Waals surface area contributed by atoms with Gasteiger partial charge in [-0.2, -0.15) is 0 Å². The second-order valence-corrected chi connectivity index (χ2v) is 3.97. The van der Waals surface area contributed by atoms with Crippen LogP contribution < -0.4 is 0 Å². The quantitative estimate of drug-likeness (QED) is 0.904. The van der Waals surface area contributed by atoms with Crippen LogP contribution in [0.3, 0.4) is 0 Å². The van der Waals surface area contributed by atoms with Gasteiger partial charge >= 0.3 is 5.97 Å². The number of halogens is 2. The number of rotatable bonds is 3. The van der Waals surface area contributed by atoms with Crippen LogP contribution in [-0.2, 0) is 9.59 Å². The van der Waals surface area contributed by atoms with Crippen molar-refractivity contribution in [1.29, 1.82) is 0 Å². The largest absolute Gasteiger partial charge is 0.479 e. The van der Waals surface area contributed by atoms with Crippen LogP contribution in [0.5, 0.6) is 0 Å². The molecule has 0 fully saturated rings. The van der Waals surface area contributed by atoms with Crippen molar-refractivity contribution in [3.8, 4) is 0 Å². The van der Waals surface area contributed by atoms with E-state index >= 15 is 0 Å². The second kappa shape index (κ2) is 5.14. The summed E-state index contributed by atoms with van der Waals surface area (Å²) in [7, 11) is 1.29. The molecule has 0 aliphatic heterocycles. The topological polar surface area (TPSA) is 57.6 Å². The third kappa shape index (κ3) is 2.94. The first-order valence-corrected chi connectivity index (χ1v) is 5.13. The minimum absolute atomic E-state index is 0.136. The lowest BCUT2D eigenvalue weighted by atomic mass is 10.1. The van der Waals surface area contributed by atoms with Gasteiger partial charge in [0, 0.05) is 24.6 Å². The van der Waals surface area contributed by atoms with Crippen molar-refractivity contribution < 1.29 is 19.1 Å². The van der Waals surface area contributed by atoms with Gasteiger partial charge in [0.25, 0.3) is 0 Å². The molecule has 0 radical (unpaired) electrons. The summed E-state index contributed by atoms with van der Waals surface area (Å²) in [6, 6.07) is 2.20. The summed E-state index contributed by atoms with van der Waals surface area (Å²) >= 11 is 5.69. The fourth-order valence-electron chi connectivity index (χ4n) is 1.41. The highest BCUT2D eigenvalue weighted by molar-refractivity contribution is 6.30. The molecule has 0 heterocycles. The molecule has 1 unspecified atom stereocenters. The highest BCUT2D eigenvalue weighted by atomic mass is 35.5. The van der Waals surface area contributed by atoms with Crippen LogP contribution in [0.1, 0.15) is 18.5 Å². The van der Waals surface area contributed by atoms with E-state index in [1.807, 2.05) is 0 Å². The number of likely N-dealkylation sites (N-methyl/N-ethyl adjacent to an activating group) is 1. The van der Waals surface area contributed by atoms with Crippen LogP contribution >= 0.6 is 11.6 Å². The van der Waals surface area contributed by atoms with E-state index in [0.717, 1.165) is 11.0 Å². The molecule has 1 aromatic rings. The minimum Gasteiger partial charge on any atom is -0.479 e. The molecule has 4 nitrogen and oxygen atoms in total. The molecule has 6 heteroatoms. The molecule has 0 aromatic heterocycles. The highest BCUT2D eigenvalue weighted by Crippen LogP contribution is 2.25. The summed E-state index contributed by atoms with van der Waals surface area (Å²) in [6.45, 7) is 1.21. The van der Waals surface area contributed by atoms with E-state index in [4.69, 9.17) is 16.7 Å². The van der Waals surface area contributed by atoms with Gasteiger partial charge in [-0.1, -0.05) is 11.6 Å². The van der Waals surface area contributed by atoms with E-state index in [-0.39, 0.29) is 10.6 Å². The lowest BCUT2D eigenvalue weighted by Crippen LogP contribution is -2.34. The summed E-state index contributed by atoms with van der Waals surface area (Å²) in [4.78, 5) is 23.2. The lowest BCUT2D eigenvalue weighted by molar-refractivity contribution is -0.148. The SMILES string of the molecule is CC(=O)N(C)C(C(=O)O)c1cc(Cl)ccc1F. The van der Waals surface area contributed by atoms with E-state index < -0.39 is 23.7 Å². The first-order chi connectivity index (χ1) is 7.84. The Morgan fingerprint density at radius 3 is 2.53 bits per heavy atom. The molecule has 17 heavy (non-hydrogen) atoms. The number of carbonyl (C=O) groups is 2. The monoisotopic (exact) mass is 259 g/mol. The van der Waals surface area contributed by atoms with Crippen LogP contribution in [0.25, 0.3) is 0 Å². The lowest BCUT2D eigenvalue weighted by Gasteiger charge is -2.24. The van der Waals surface area contributed by atoms with E-state index in [9.17, 15) is 14.0 Å². The van der Waals surface area contributed by atoms with Gasteiger partial charge in [0.2, 0.25) is 5.91 Å². The third-order valence-corrected chi connectivity index (χ3v) is 2.61. The molecular weight excluding hydrogens is 249 g/mol. The maximum Gasteiger partial charge on any atom is 0.331 e. The molecule has 1 N–H and O–H groups in total. The van der Waals surface area contributed by atoms with Crippen molar-refractivity contribution in [2.75, 3.05) is 7.05 Å². The van der Waals surface area contributed by atoms with Gasteiger partial charge in [-0.25, -0.2) is 9.18 Å². The Hall–Kier alpha value is -1.62. The Morgan fingerprint density at radius 1 is 1.47 bits per heavy atom. The molecular formula is C11H11ClFNO3. The third-order valence-electron chi connectivity index (χ3n) is 2.37. The zero-order valence-electron chi connectivity index (χ0n) is 9.28. The molecule has 0 aliphatic rings. The molecule has 0 saturated carbocycles. The summed E-state index contributed by atoms with van der Waals surface area (Å²) in [6.07, 6.45) is 0. The zero-order chi connectivity index (χ0) is 13.2. The van der Waals surface area contributed by atoms with Gasteiger partial charge in [-0.05, 0) is 18.2 Å². The maximum absolute atomic E-state index is 13.5. The number of benzene rings is 1. The van der Waals surface area contributed by atoms with E-state index in [1.165, 1.54) is 26.1 Å².